The second-order valence-electron chi connectivity index (χ2n) is 1.38. The van der Waals surface area contributed by atoms with Crippen LogP contribution in [0.5, 0.6) is 0 Å². The minimum atomic E-state index is -1.07. The molecule has 48 valence electrons. The molecule has 1 N–H and O–H groups in total. The van der Waals surface area contributed by atoms with Crippen molar-refractivity contribution in [2.45, 2.75) is 13.3 Å². The van der Waals surface area contributed by atoms with Crippen molar-refractivity contribution < 1.29 is 9.90 Å². The molecule has 2 heteroatoms. The molecule has 0 aliphatic heterocycles. The molecule has 0 aliphatic carbocycles. The van der Waals surface area contributed by atoms with Crippen LogP contribution in [0.15, 0.2) is 12.2 Å². The average molecular weight is 124 g/mol. The van der Waals surface area contributed by atoms with Gasteiger partial charge in [-0.3, -0.25) is 0 Å². The van der Waals surface area contributed by atoms with Crippen LogP contribution in [-0.2, 0) is 4.79 Å². The van der Waals surface area contributed by atoms with Crippen molar-refractivity contribution in [3.05, 3.63) is 12.2 Å². The second-order valence-corrected chi connectivity index (χ2v) is 1.38. The number of carboxylic acids is 1. The topological polar surface area (TPSA) is 37.3 Å². The lowest BCUT2D eigenvalue weighted by molar-refractivity contribution is -0.130. The van der Waals surface area contributed by atoms with Gasteiger partial charge in [0.1, 0.15) is 0 Å². The second kappa shape index (κ2) is 4.92. The summed E-state index contributed by atoms with van der Waals surface area (Å²) in [7, 11) is 0. The summed E-state index contributed by atoms with van der Waals surface area (Å²) in [6.45, 7) is 1.86. The lowest BCUT2D eigenvalue weighted by Gasteiger charge is -1.71. The Labute approximate surface area is 54.2 Å². The summed E-state index contributed by atoms with van der Waals surface area (Å²) in [4.78, 5) is 9.76. The predicted octanol–water partition coefficient (Wildman–Crippen LogP) is 1.04. The van der Waals surface area contributed by atoms with Gasteiger partial charge in [0.25, 0.3) is 0 Å². The highest BCUT2D eigenvalue weighted by atomic mass is 16.4. The van der Waals surface area contributed by atoms with E-state index in [4.69, 9.17) is 5.11 Å². The van der Waals surface area contributed by atoms with Crippen molar-refractivity contribution >= 4 is 5.97 Å². The molecule has 0 aliphatic rings. The van der Waals surface area contributed by atoms with E-state index in [1.165, 1.54) is 0 Å². The molecular formula is C7H8O2. The van der Waals surface area contributed by atoms with Crippen molar-refractivity contribution in [3.63, 3.8) is 0 Å². The smallest absolute Gasteiger partial charge is 0.381 e. The molecule has 0 heterocycles. The van der Waals surface area contributed by atoms with Crippen LogP contribution in [0.3, 0.4) is 0 Å². The monoisotopic (exact) mass is 124 g/mol. The van der Waals surface area contributed by atoms with E-state index in [1.807, 2.05) is 18.9 Å². The van der Waals surface area contributed by atoms with Crippen LogP contribution in [0.25, 0.3) is 0 Å². The average Bonchev–Trinajstić information content (AvgIpc) is 1.80. The Balaban J connectivity index is 3.50. The van der Waals surface area contributed by atoms with Crippen LogP contribution in [0.2, 0.25) is 0 Å². The molecule has 0 aromatic rings. The van der Waals surface area contributed by atoms with E-state index < -0.39 is 5.97 Å². The Kier molecular flexibility index (Phi) is 4.25. The van der Waals surface area contributed by atoms with Crippen molar-refractivity contribution in [2.75, 3.05) is 0 Å². The van der Waals surface area contributed by atoms with Gasteiger partial charge in [-0.1, -0.05) is 18.1 Å². The first-order valence-electron chi connectivity index (χ1n) is 2.60. The minimum Gasteiger partial charge on any atom is -0.472 e. The van der Waals surface area contributed by atoms with Gasteiger partial charge in [0.15, 0.2) is 0 Å². The van der Waals surface area contributed by atoms with Gasteiger partial charge in [0.2, 0.25) is 0 Å². The van der Waals surface area contributed by atoms with Crippen LogP contribution in [0, 0.1) is 11.8 Å². The summed E-state index contributed by atoms with van der Waals surface area (Å²) in [5.41, 5.74) is 0. The number of allylic oxidation sites excluding steroid dienone is 2. The number of hydrogen-bond acceptors (Lipinski definition) is 1. The molecule has 0 atom stereocenters. The Morgan fingerprint density at radius 3 is 2.89 bits per heavy atom. The number of aliphatic carboxylic acids is 1. The number of rotatable bonds is 1. The largest absolute Gasteiger partial charge is 0.472 e. The maximum Gasteiger partial charge on any atom is 0.381 e. The molecule has 0 radical (unpaired) electrons. The van der Waals surface area contributed by atoms with Crippen LogP contribution in [0.1, 0.15) is 13.3 Å². The molecule has 0 spiro atoms. The van der Waals surface area contributed by atoms with E-state index in [0.29, 0.717) is 6.42 Å². The summed E-state index contributed by atoms with van der Waals surface area (Å²) in [5, 5.41) is 8.02. The maximum atomic E-state index is 9.76. The molecule has 0 unspecified atom stereocenters. The Morgan fingerprint density at radius 1 is 1.78 bits per heavy atom. The Bertz CT molecular complexity index is 169. The third-order valence-corrected chi connectivity index (χ3v) is 0.651. The van der Waals surface area contributed by atoms with Crippen LogP contribution < -0.4 is 0 Å². The minimum absolute atomic E-state index is 0.517. The molecule has 2 nitrogen and oxygen atoms in total. The van der Waals surface area contributed by atoms with Gasteiger partial charge in [-0.15, -0.1) is 0 Å². The van der Waals surface area contributed by atoms with E-state index in [0.717, 1.165) is 0 Å². The number of carboxylic acid groups (broad SMARTS) is 1. The molecule has 0 saturated heterocycles. The van der Waals surface area contributed by atoms with Crippen molar-refractivity contribution in [1.29, 1.82) is 0 Å². The maximum absolute atomic E-state index is 9.76. The van der Waals surface area contributed by atoms with Crippen molar-refractivity contribution in [3.8, 4) is 11.8 Å². The molecule has 9 heavy (non-hydrogen) atoms. The van der Waals surface area contributed by atoms with Gasteiger partial charge in [-0.05, 0) is 6.92 Å². The molecule has 0 bridgehead atoms. The third kappa shape index (κ3) is 6.77. The highest BCUT2D eigenvalue weighted by molar-refractivity contribution is 5.86. The zero-order valence-corrected chi connectivity index (χ0v) is 5.22. The zero-order chi connectivity index (χ0) is 7.11. The van der Waals surface area contributed by atoms with Crippen LogP contribution >= 0.6 is 0 Å². The highest BCUT2D eigenvalue weighted by Gasteiger charge is 1.79. The Morgan fingerprint density at radius 2 is 2.44 bits per heavy atom. The molecule has 0 aromatic carbocycles. The van der Waals surface area contributed by atoms with E-state index in [2.05, 4.69) is 5.92 Å². The van der Waals surface area contributed by atoms with Gasteiger partial charge in [-0.2, -0.15) is 0 Å². The van der Waals surface area contributed by atoms with Gasteiger partial charge >= 0.3 is 5.97 Å². The first-order valence-corrected chi connectivity index (χ1v) is 2.60. The first kappa shape index (κ1) is 7.77. The van der Waals surface area contributed by atoms with Crippen LogP contribution in [-0.4, -0.2) is 11.1 Å². The number of hydrogen-bond donors (Lipinski definition) is 1. The normalized spacial score (nSPS) is 8.56. The van der Waals surface area contributed by atoms with E-state index in [1.54, 1.807) is 6.08 Å². The summed E-state index contributed by atoms with van der Waals surface area (Å²) in [5.74, 6) is 3.38. The molecule has 0 saturated carbocycles. The van der Waals surface area contributed by atoms with E-state index in [9.17, 15) is 4.79 Å². The first-order chi connectivity index (χ1) is 4.27. The fourth-order valence-electron chi connectivity index (χ4n) is 0.303. The SMILES string of the molecule is CC=CCC#CC(=O)O. The lowest BCUT2D eigenvalue weighted by atomic mass is 10.4. The zero-order valence-electron chi connectivity index (χ0n) is 5.22. The predicted molar refractivity (Wildman–Crippen MR) is 34.8 cm³/mol. The van der Waals surface area contributed by atoms with Crippen molar-refractivity contribution in [2.24, 2.45) is 0 Å². The van der Waals surface area contributed by atoms with Gasteiger partial charge in [0, 0.05) is 12.3 Å². The van der Waals surface area contributed by atoms with Gasteiger partial charge in [-0.25, -0.2) is 4.79 Å². The highest BCUT2D eigenvalue weighted by Crippen LogP contribution is 1.76. The molecule has 0 aromatic heterocycles. The Hall–Kier alpha value is -1.23. The molecule has 0 amide bonds. The van der Waals surface area contributed by atoms with Gasteiger partial charge < -0.3 is 5.11 Å². The van der Waals surface area contributed by atoms with Gasteiger partial charge in [0.05, 0.1) is 0 Å². The van der Waals surface area contributed by atoms with E-state index >= 15 is 0 Å². The molecule has 0 fully saturated rings. The number of carbonyl (C=O) groups is 1. The van der Waals surface area contributed by atoms with Crippen LogP contribution in [0.4, 0.5) is 0 Å². The third-order valence-electron chi connectivity index (χ3n) is 0.651. The molecular weight excluding hydrogens is 116 g/mol. The standard InChI is InChI=1S/C7H8O2/c1-2-3-4-5-6-7(8)9/h2-3H,4H2,1H3,(H,8,9). The summed E-state index contributed by atoms with van der Waals surface area (Å²) < 4.78 is 0. The quantitative estimate of drug-likeness (QED) is 0.419. The molecule has 0 rings (SSSR count). The fraction of sp³-hybridized carbons (Fsp3) is 0.286. The summed E-state index contributed by atoms with van der Waals surface area (Å²) >= 11 is 0. The summed E-state index contributed by atoms with van der Waals surface area (Å²) in [6, 6.07) is 0. The fourth-order valence-corrected chi connectivity index (χ4v) is 0.303. The summed E-state index contributed by atoms with van der Waals surface area (Å²) in [6.07, 6.45) is 4.15. The van der Waals surface area contributed by atoms with E-state index in [-0.39, 0.29) is 0 Å². The lowest BCUT2D eigenvalue weighted by Crippen LogP contribution is -1.85. The van der Waals surface area contributed by atoms with Crippen molar-refractivity contribution in [1.82, 2.24) is 0 Å².